The highest BCUT2D eigenvalue weighted by Gasteiger charge is 2.38. The maximum atomic E-state index is 10.6. The first-order valence-electron chi connectivity index (χ1n) is 7.89. The molecule has 0 fully saturated rings. The molecule has 0 aliphatic carbocycles. The summed E-state index contributed by atoms with van der Waals surface area (Å²) in [5.74, 6) is -2.76. The van der Waals surface area contributed by atoms with Crippen LogP contribution in [0.2, 0.25) is 0 Å². The average molecular weight is 417 g/mol. The zero-order chi connectivity index (χ0) is 20.0. The number of benzene rings is 1. The van der Waals surface area contributed by atoms with Crippen molar-refractivity contribution in [3.05, 3.63) is 46.2 Å². The van der Waals surface area contributed by atoms with Crippen molar-refractivity contribution in [2.24, 2.45) is 0 Å². The highest BCUT2D eigenvalue weighted by Crippen LogP contribution is 2.17. The maximum Gasteiger partial charge on any atom is 0.490 e. The first kappa shape index (κ1) is 21.3. The van der Waals surface area contributed by atoms with Gasteiger partial charge < -0.3 is 5.11 Å². The Morgan fingerprint density at radius 2 is 1.89 bits per heavy atom. The summed E-state index contributed by atoms with van der Waals surface area (Å²) in [6.07, 6.45) is -3.99. The molecule has 0 bridgehead atoms. The number of carboxylic acid groups (broad SMARTS) is 1. The number of halogens is 3. The fraction of sp³-hybridized carbons (Fsp3) is 0.353. The predicted molar refractivity (Wildman–Crippen MR) is 100 cm³/mol. The van der Waals surface area contributed by atoms with Gasteiger partial charge in [0.15, 0.2) is 0 Å². The van der Waals surface area contributed by atoms with E-state index in [4.69, 9.17) is 9.90 Å². The number of aromatic nitrogens is 2. The second-order valence-corrected chi connectivity index (χ2v) is 7.30. The van der Waals surface area contributed by atoms with E-state index in [0.717, 1.165) is 24.0 Å². The van der Waals surface area contributed by atoms with Crippen molar-refractivity contribution < 1.29 is 23.1 Å². The highest BCUT2D eigenvalue weighted by molar-refractivity contribution is 7.07. The lowest BCUT2D eigenvalue weighted by Gasteiger charge is -2.24. The third kappa shape index (κ3) is 6.56. The van der Waals surface area contributed by atoms with Gasteiger partial charge in [-0.2, -0.15) is 33.3 Å². The van der Waals surface area contributed by atoms with E-state index < -0.39 is 12.1 Å². The van der Waals surface area contributed by atoms with Gasteiger partial charge in [-0.1, -0.05) is 6.07 Å². The van der Waals surface area contributed by atoms with Crippen molar-refractivity contribution in [3.8, 4) is 0 Å². The van der Waals surface area contributed by atoms with Crippen LogP contribution in [-0.4, -0.2) is 44.0 Å². The molecular weight excluding hydrogens is 399 g/mol. The summed E-state index contributed by atoms with van der Waals surface area (Å²) in [6.45, 7) is 3.22. The van der Waals surface area contributed by atoms with Crippen molar-refractivity contribution in [1.82, 2.24) is 13.6 Å². The molecule has 10 heteroatoms. The van der Waals surface area contributed by atoms with E-state index in [1.807, 2.05) is 0 Å². The minimum atomic E-state index is -5.08. The molecule has 0 amide bonds. The van der Waals surface area contributed by atoms with E-state index >= 15 is 0 Å². The van der Waals surface area contributed by atoms with Crippen LogP contribution in [0.4, 0.5) is 13.2 Å². The van der Waals surface area contributed by atoms with Crippen molar-refractivity contribution in [1.29, 1.82) is 0 Å². The van der Waals surface area contributed by atoms with Gasteiger partial charge in [0.2, 0.25) is 0 Å². The van der Waals surface area contributed by atoms with Crippen molar-refractivity contribution in [3.63, 3.8) is 0 Å². The van der Waals surface area contributed by atoms with Crippen molar-refractivity contribution >= 4 is 40.1 Å². The smallest absolute Gasteiger partial charge is 0.475 e. The fourth-order valence-electron chi connectivity index (χ4n) is 2.28. The van der Waals surface area contributed by atoms with Gasteiger partial charge in [0, 0.05) is 12.6 Å². The van der Waals surface area contributed by atoms with E-state index in [0.29, 0.717) is 6.04 Å². The third-order valence-corrected chi connectivity index (χ3v) is 5.15. The van der Waals surface area contributed by atoms with Gasteiger partial charge in [-0.15, -0.1) is 0 Å². The molecule has 146 valence electrons. The molecule has 2 heterocycles. The molecule has 3 aromatic rings. The average Bonchev–Trinajstić information content (AvgIpc) is 3.25. The largest absolute Gasteiger partial charge is 0.490 e. The van der Waals surface area contributed by atoms with E-state index in [9.17, 15) is 13.2 Å². The van der Waals surface area contributed by atoms with Crippen LogP contribution in [0.5, 0.6) is 0 Å². The van der Waals surface area contributed by atoms with Crippen LogP contribution in [-0.2, 0) is 17.8 Å². The Morgan fingerprint density at radius 1 is 1.22 bits per heavy atom. The van der Waals surface area contributed by atoms with Crippen LogP contribution in [0.3, 0.4) is 0 Å². The zero-order valence-electron chi connectivity index (χ0n) is 14.6. The zero-order valence-corrected chi connectivity index (χ0v) is 16.2. The number of hydrogen-bond donors (Lipinski definition) is 1. The summed E-state index contributed by atoms with van der Waals surface area (Å²) in [4.78, 5) is 11.3. The van der Waals surface area contributed by atoms with Crippen LogP contribution in [0.15, 0.2) is 35.0 Å². The molecule has 1 aromatic carbocycles. The molecule has 5 nitrogen and oxygen atoms in total. The van der Waals surface area contributed by atoms with Crippen molar-refractivity contribution in [2.45, 2.75) is 32.1 Å². The molecule has 0 aliphatic rings. The summed E-state index contributed by atoms with van der Waals surface area (Å²) >= 11 is 3.04. The van der Waals surface area contributed by atoms with Gasteiger partial charge >= 0.3 is 12.1 Å². The second kappa shape index (κ2) is 9.25. The number of carboxylic acids is 1. The fourth-order valence-corrected chi connectivity index (χ4v) is 3.47. The van der Waals surface area contributed by atoms with Gasteiger partial charge in [-0.05, 0) is 60.5 Å². The Labute approximate surface area is 162 Å². The van der Waals surface area contributed by atoms with E-state index in [1.165, 1.54) is 22.9 Å². The lowest BCUT2D eigenvalue weighted by atomic mass is 10.1. The number of aliphatic carboxylic acids is 1. The summed E-state index contributed by atoms with van der Waals surface area (Å²) in [7, 11) is 2.18. The van der Waals surface area contributed by atoms with Crippen LogP contribution in [0, 0.1) is 0 Å². The molecule has 1 N–H and O–H groups in total. The maximum absolute atomic E-state index is 10.6. The molecule has 0 aliphatic heterocycles. The van der Waals surface area contributed by atoms with Crippen LogP contribution >= 0.6 is 23.1 Å². The Bertz CT molecular complexity index is 866. The molecular formula is C17H18F3N3O2S2. The number of alkyl halides is 3. The number of fused-ring (bicyclic) bond motifs is 1. The lowest BCUT2D eigenvalue weighted by molar-refractivity contribution is -0.192. The number of rotatable bonds is 5. The van der Waals surface area contributed by atoms with Gasteiger partial charge in [0.05, 0.1) is 11.7 Å². The van der Waals surface area contributed by atoms with Gasteiger partial charge in [-0.3, -0.25) is 4.90 Å². The number of nitrogens with zero attached hydrogens (tertiary/aromatic N) is 3. The van der Waals surface area contributed by atoms with E-state index in [1.54, 1.807) is 11.3 Å². The second-order valence-electron chi connectivity index (χ2n) is 5.99. The highest BCUT2D eigenvalue weighted by atomic mass is 32.1. The van der Waals surface area contributed by atoms with Gasteiger partial charge in [0.1, 0.15) is 11.0 Å². The minimum Gasteiger partial charge on any atom is -0.475 e. The SMILES string of the molecule is CC(Cc1ccsc1)N(C)Cc1ccc2nsnc2c1.O=C(O)C(F)(F)F. The summed E-state index contributed by atoms with van der Waals surface area (Å²) < 4.78 is 40.3. The molecule has 2 aromatic heterocycles. The van der Waals surface area contributed by atoms with E-state index in [-0.39, 0.29) is 0 Å². The summed E-state index contributed by atoms with van der Waals surface area (Å²) in [5.41, 5.74) is 4.72. The van der Waals surface area contributed by atoms with Crippen LogP contribution in [0.1, 0.15) is 18.1 Å². The first-order chi connectivity index (χ1) is 12.7. The summed E-state index contributed by atoms with van der Waals surface area (Å²) in [5, 5.41) is 11.5. The van der Waals surface area contributed by atoms with Gasteiger partial charge in [-0.25, -0.2) is 4.79 Å². The van der Waals surface area contributed by atoms with Crippen LogP contribution < -0.4 is 0 Å². The molecule has 1 atom stereocenters. The molecule has 3 rings (SSSR count). The lowest BCUT2D eigenvalue weighted by Crippen LogP contribution is -2.30. The quantitative estimate of drug-likeness (QED) is 0.664. The normalized spacial score (nSPS) is 12.7. The number of thiophene rings is 1. The molecule has 0 radical (unpaired) electrons. The molecule has 27 heavy (non-hydrogen) atoms. The van der Waals surface area contributed by atoms with Crippen LogP contribution in [0.25, 0.3) is 11.0 Å². The predicted octanol–water partition coefficient (Wildman–Crippen LogP) is 4.45. The Hall–Kier alpha value is -2.04. The minimum absolute atomic E-state index is 0.522. The number of hydrogen-bond acceptors (Lipinski definition) is 6. The van der Waals surface area contributed by atoms with Gasteiger partial charge in [0.25, 0.3) is 0 Å². The topological polar surface area (TPSA) is 66.3 Å². The molecule has 0 saturated heterocycles. The standard InChI is InChI=1S/C15H17N3S2.C2HF3O2/c1-11(7-13-5-6-19-10-13)18(2)9-12-3-4-14-15(8-12)17-20-16-14;3-2(4,5)1(6)7/h3-6,8,10-11H,7,9H2,1-2H3;(H,6,7). The Balaban J connectivity index is 0.000000321. The summed E-state index contributed by atoms with van der Waals surface area (Å²) in [6, 6.07) is 9.09. The Morgan fingerprint density at radius 3 is 2.48 bits per heavy atom. The Kier molecular flexibility index (Phi) is 7.28. The third-order valence-electron chi connectivity index (χ3n) is 3.86. The first-order valence-corrected chi connectivity index (χ1v) is 9.56. The monoisotopic (exact) mass is 417 g/mol. The molecule has 1 unspecified atom stereocenters. The molecule has 0 saturated carbocycles. The van der Waals surface area contributed by atoms with E-state index in [2.05, 4.69) is 62.6 Å². The molecule has 0 spiro atoms. The number of likely N-dealkylation sites (N-methyl/N-ethyl adjacent to an activating group) is 1. The van der Waals surface area contributed by atoms with Crippen molar-refractivity contribution in [2.75, 3.05) is 7.05 Å². The number of carbonyl (C=O) groups is 1.